The molecule has 0 radical (unpaired) electrons. The third-order valence-corrected chi connectivity index (χ3v) is 3.24. The number of aryl methyl sites for hydroxylation is 1. The van der Waals surface area contributed by atoms with Crippen molar-refractivity contribution in [3.63, 3.8) is 0 Å². The van der Waals surface area contributed by atoms with Crippen molar-refractivity contribution in [3.05, 3.63) is 41.7 Å². The summed E-state index contributed by atoms with van der Waals surface area (Å²) in [5.41, 5.74) is 1.89. The molecule has 0 aliphatic carbocycles. The van der Waals surface area contributed by atoms with Gasteiger partial charge in [-0.3, -0.25) is 4.68 Å². The van der Waals surface area contributed by atoms with E-state index in [9.17, 15) is 4.79 Å². The standard InChI is InChI=1S/C14H16N4O3/c1-18-11(4-5-17-18)8-16-14(19)15-7-10-2-3-12-13(6-10)21-9-20-12/h2-6H,7-9H2,1H3,(H2,15,16,19). The van der Waals surface area contributed by atoms with Crippen molar-refractivity contribution >= 4 is 6.03 Å². The number of nitrogens with zero attached hydrogens (tertiary/aromatic N) is 2. The maximum absolute atomic E-state index is 11.7. The molecule has 2 amide bonds. The Balaban J connectivity index is 1.48. The molecule has 0 bridgehead atoms. The predicted molar refractivity (Wildman–Crippen MR) is 74.8 cm³/mol. The lowest BCUT2D eigenvalue weighted by molar-refractivity contribution is 0.174. The van der Waals surface area contributed by atoms with Crippen LogP contribution in [0.25, 0.3) is 0 Å². The smallest absolute Gasteiger partial charge is 0.315 e. The fourth-order valence-electron chi connectivity index (χ4n) is 2.04. The van der Waals surface area contributed by atoms with Gasteiger partial charge >= 0.3 is 6.03 Å². The normalized spacial score (nSPS) is 12.2. The zero-order valence-corrected chi connectivity index (χ0v) is 11.6. The average Bonchev–Trinajstić information content (AvgIpc) is 3.11. The van der Waals surface area contributed by atoms with E-state index in [1.165, 1.54) is 0 Å². The van der Waals surface area contributed by atoms with E-state index in [4.69, 9.17) is 9.47 Å². The first-order valence-electron chi connectivity index (χ1n) is 6.59. The second-order valence-electron chi connectivity index (χ2n) is 4.67. The van der Waals surface area contributed by atoms with E-state index in [0.717, 1.165) is 17.0 Å². The van der Waals surface area contributed by atoms with E-state index in [0.29, 0.717) is 18.8 Å². The molecular formula is C14H16N4O3. The second kappa shape index (κ2) is 5.74. The number of carbonyl (C=O) groups is 1. The van der Waals surface area contributed by atoms with Gasteiger partial charge in [-0.1, -0.05) is 6.07 Å². The summed E-state index contributed by atoms with van der Waals surface area (Å²) in [6, 6.07) is 7.23. The van der Waals surface area contributed by atoms with Crippen LogP contribution in [0.4, 0.5) is 4.79 Å². The zero-order chi connectivity index (χ0) is 14.7. The number of ether oxygens (including phenoxy) is 2. The molecule has 1 aromatic heterocycles. The molecule has 7 heteroatoms. The molecule has 0 saturated carbocycles. The molecular weight excluding hydrogens is 272 g/mol. The molecule has 2 heterocycles. The van der Waals surface area contributed by atoms with Crippen LogP contribution in [0.2, 0.25) is 0 Å². The third-order valence-electron chi connectivity index (χ3n) is 3.24. The molecule has 2 aromatic rings. The Kier molecular flexibility index (Phi) is 3.63. The number of carbonyl (C=O) groups excluding carboxylic acids is 1. The van der Waals surface area contributed by atoms with Crippen molar-refractivity contribution in [2.75, 3.05) is 6.79 Å². The van der Waals surface area contributed by atoms with Crippen molar-refractivity contribution in [2.24, 2.45) is 7.05 Å². The van der Waals surface area contributed by atoms with Gasteiger partial charge in [0, 0.05) is 19.8 Å². The Morgan fingerprint density at radius 1 is 1.24 bits per heavy atom. The predicted octanol–water partition coefficient (Wildman–Crippen LogP) is 1.15. The monoisotopic (exact) mass is 288 g/mol. The molecule has 0 spiro atoms. The van der Waals surface area contributed by atoms with Crippen LogP contribution in [0.1, 0.15) is 11.3 Å². The van der Waals surface area contributed by atoms with Gasteiger partial charge in [0.1, 0.15) is 0 Å². The number of benzene rings is 1. The van der Waals surface area contributed by atoms with Crippen LogP contribution in [-0.2, 0) is 20.1 Å². The summed E-state index contributed by atoms with van der Waals surface area (Å²) < 4.78 is 12.3. The third kappa shape index (κ3) is 3.07. The van der Waals surface area contributed by atoms with Crippen LogP contribution in [-0.4, -0.2) is 22.6 Å². The Hall–Kier alpha value is -2.70. The Labute approximate surface area is 121 Å². The Morgan fingerprint density at radius 3 is 2.86 bits per heavy atom. The topological polar surface area (TPSA) is 77.4 Å². The van der Waals surface area contributed by atoms with Crippen LogP contribution >= 0.6 is 0 Å². The molecule has 0 saturated heterocycles. The first-order chi connectivity index (χ1) is 10.2. The summed E-state index contributed by atoms with van der Waals surface area (Å²) >= 11 is 0. The molecule has 21 heavy (non-hydrogen) atoms. The minimum atomic E-state index is -0.228. The van der Waals surface area contributed by atoms with E-state index in [-0.39, 0.29) is 12.8 Å². The zero-order valence-electron chi connectivity index (χ0n) is 11.6. The first-order valence-corrected chi connectivity index (χ1v) is 6.59. The van der Waals surface area contributed by atoms with E-state index >= 15 is 0 Å². The van der Waals surface area contributed by atoms with Crippen molar-refractivity contribution in [1.82, 2.24) is 20.4 Å². The van der Waals surface area contributed by atoms with Gasteiger partial charge in [-0.15, -0.1) is 0 Å². The van der Waals surface area contributed by atoms with Crippen molar-refractivity contribution in [2.45, 2.75) is 13.1 Å². The molecule has 2 N–H and O–H groups in total. The van der Waals surface area contributed by atoms with Gasteiger partial charge < -0.3 is 20.1 Å². The highest BCUT2D eigenvalue weighted by Crippen LogP contribution is 2.32. The number of aromatic nitrogens is 2. The van der Waals surface area contributed by atoms with Crippen molar-refractivity contribution in [1.29, 1.82) is 0 Å². The summed E-state index contributed by atoms with van der Waals surface area (Å²) in [5.74, 6) is 1.45. The lowest BCUT2D eigenvalue weighted by Crippen LogP contribution is -2.35. The van der Waals surface area contributed by atoms with E-state index < -0.39 is 0 Å². The number of amides is 2. The summed E-state index contributed by atoms with van der Waals surface area (Å²) in [7, 11) is 1.83. The number of urea groups is 1. The molecule has 1 aliphatic heterocycles. The lowest BCUT2D eigenvalue weighted by atomic mass is 10.2. The molecule has 0 fully saturated rings. The highest BCUT2D eigenvalue weighted by Gasteiger charge is 2.13. The van der Waals surface area contributed by atoms with Gasteiger partial charge in [0.15, 0.2) is 11.5 Å². The van der Waals surface area contributed by atoms with Crippen LogP contribution in [0.3, 0.4) is 0 Å². The van der Waals surface area contributed by atoms with Gasteiger partial charge in [-0.25, -0.2) is 4.79 Å². The van der Waals surface area contributed by atoms with E-state index in [2.05, 4.69) is 15.7 Å². The van der Waals surface area contributed by atoms with Crippen LogP contribution < -0.4 is 20.1 Å². The highest BCUT2D eigenvalue weighted by molar-refractivity contribution is 5.73. The van der Waals surface area contributed by atoms with Gasteiger partial charge in [-0.05, 0) is 23.8 Å². The molecule has 0 atom stereocenters. The van der Waals surface area contributed by atoms with Crippen LogP contribution in [0.5, 0.6) is 11.5 Å². The SMILES string of the molecule is Cn1nccc1CNC(=O)NCc1ccc2c(c1)OCO2. The van der Waals surface area contributed by atoms with Gasteiger partial charge in [0.05, 0.1) is 12.2 Å². The Bertz CT molecular complexity index is 653. The van der Waals surface area contributed by atoms with Gasteiger partial charge in [-0.2, -0.15) is 5.10 Å². The quantitative estimate of drug-likeness (QED) is 0.884. The van der Waals surface area contributed by atoms with Crippen LogP contribution in [0, 0.1) is 0 Å². The summed E-state index contributed by atoms with van der Waals surface area (Å²) in [5, 5.41) is 9.62. The molecule has 7 nitrogen and oxygen atoms in total. The number of hydrogen-bond donors (Lipinski definition) is 2. The Morgan fingerprint density at radius 2 is 2.05 bits per heavy atom. The summed E-state index contributed by atoms with van der Waals surface area (Å²) in [6.45, 7) is 1.11. The fourth-order valence-corrected chi connectivity index (χ4v) is 2.04. The molecule has 1 aromatic carbocycles. The van der Waals surface area contributed by atoms with Gasteiger partial charge in [0.2, 0.25) is 6.79 Å². The minimum Gasteiger partial charge on any atom is -0.454 e. The number of rotatable bonds is 4. The summed E-state index contributed by atoms with van der Waals surface area (Å²) in [4.78, 5) is 11.7. The second-order valence-corrected chi connectivity index (χ2v) is 4.67. The van der Waals surface area contributed by atoms with Gasteiger partial charge in [0.25, 0.3) is 0 Å². The fraction of sp³-hybridized carbons (Fsp3) is 0.286. The molecule has 3 rings (SSSR count). The maximum atomic E-state index is 11.7. The van der Waals surface area contributed by atoms with Crippen molar-refractivity contribution < 1.29 is 14.3 Å². The molecule has 0 unspecified atom stereocenters. The lowest BCUT2D eigenvalue weighted by Gasteiger charge is -2.08. The number of nitrogens with one attached hydrogen (secondary N) is 2. The first kappa shape index (κ1) is 13.3. The molecule has 110 valence electrons. The summed E-state index contributed by atoms with van der Waals surface area (Å²) in [6.07, 6.45) is 1.70. The minimum absolute atomic E-state index is 0.228. The van der Waals surface area contributed by atoms with E-state index in [1.54, 1.807) is 10.9 Å². The number of hydrogen-bond acceptors (Lipinski definition) is 4. The van der Waals surface area contributed by atoms with Crippen LogP contribution in [0.15, 0.2) is 30.5 Å². The number of fused-ring (bicyclic) bond motifs is 1. The average molecular weight is 288 g/mol. The largest absolute Gasteiger partial charge is 0.454 e. The van der Waals surface area contributed by atoms with Crippen molar-refractivity contribution in [3.8, 4) is 11.5 Å². The maximum Gasteiger partial charge on any atom is 0.315 e. The van der Waals surface area contributed by atoms with E-state index in [1.807, 2.05) is 31.3 Å². The highest BCUT2D eigenvalue weighted by atomic mass is 16.7. The molecule has 1 aliphatic rings.